The van der Waals surface area contributed by atoms with Gasteiger partial charge in [-0.3, -0.25) is 9.36 Å². The molecule has 2 atom stereocenters. The van der Waals surface area contributed by atoms with E-state index in [4.69, 9.17) is 0 Å². The quantitative estimate of drug-likeness (QED) is 0.707. The number of aromatic nitrogens is 3. The fourth-order valence-corrected chi connectivity index (χ4v) is 3.63. The highest BCUT2D eigenvalue weighted by Crippen LogP contribution is 2.41. The van der Waals surface area contributed by atoms with Gasteiger partial charge < -0.3 is 10.2 Å². The number of hydrogen-bond donors (Lipinski definition) is 1. The molecule has 0 spiro atoms. The Bertz CT molecular complexity index is 660. The molecule has 2 aliphatic heterocycles. The summed E-state index contributed by atoms with van der Waals surface area (Å²) in [5, 5.41) is 7.63. The van der Waals surface area contributed by atoms with Gasteiger partial charge in [-0.1, -0.05) is 0 Å². The monoisotopic (exact) mass is 279 g/mol. The normalized spacial score (nSPS) is 27.9. The molecule has 110 valence electrons. The maximum Gasteiger partial charge on any atom is 0.346 e. The number of nitrogens with zero attached hydrogens (tertiary/aromatic N) is 4. The molecule has 0 aliphatic carbocycles. The average molecular weight is 279 g/mol. The molecule has 2 saturated heterocycles. The van der Waals surface area contributed by atoms with Gasteiger partial charge in [0.15, 0.2) is 0 Å². The van der Waals surface area contributed by atoms with Crippen molar-refractivity contribution in [3.63, 3.8) is 0 Å². The number of rotatable bonds is 1. The molecule has 2 fully saturated rings. The van der Waals surface area contributed by atoms with E-state index in [2.05, 4.69) is 29.2 Å². The first-order valence-electron chi connectivity index (χ1n) is 6.96. The molecule has 2 aliphatic rings. The minimum Gasteiger partial charge on any atom is -0.345 e. The average Bonchev–Trinajstić information content (AvgIpc) is 2.94. The van der Waals surface area contributed by atoms with Gasteiger partial charge in [0.1, 0.15) is 0 Å². The van der Waals surface area contributed by atoms with E-state index in [0.29, 0.717) is 17.7 Å². The molecule has 2 unspecified atom stereocenters. The summed E-state index contributed by atoms with van der Waals surface area (Å²) in [5.41, 5.74) is -0.836. The van der Waals surface area contributed by atoms with Crippen molar-refractivity contribution in [2.45, 2.75) is 19.4 Å². The first-order valence-corrected chi connectivity index (χ1v) is 6.96. The highest BCUT2D eigenvalue weighted by atomic mass is 16.2. The van der Waals surface area contributed by atoms with Gasteiger partial charge in [-0.05, 0) is 25.7 Å². The smallest absolute Gasteiger partial charge is 0.345 e. The SMILES string of the molecule is Cn1nc(N2CC3CNCC3C2(C)C)c(=O)n(C)c1=O. The standard InChI is InChI=1S/C13H21N5O2/c1-13(2)9-6-14-5-8(9)7-18(13)10-11(19)16(3)12(20)17(4)15-10/h8-9,14H,5-7H2,1-4H3. The van der Waals surface area contributed by atoms with Crippen molar-refractivity contribution in [2.75, 3.05) is 24.5 Å². The van der Waals surface area contributed by atoms with Crippen molar-refractivity contribution in [3.05, 3.63) is 20.8 Å². The highest BCUT2D eigenvalue weighted by molar-refractivity contribution is 5.42. The Labute approximate surface area is 117 Å². The van der Waals surface area contributed by atoms with Crippen LogP contribution in [0.4, 0.5) is 5.82 Å². The Morgan fingerprint density at radius 3 is 2.60 bits per heavy atom. The second-order valence-electron chi connectivity index (χ2n) is 6.38. The van der Waals surface area contributed by atoms with Crippen LogP contribution in [0.25, 0.3) is 0 Å². The lowest BCUT2D eigenvalue weighted by Gasteiger charge is -2.35. The lowest BCUT2D eigenvalue weighted by Crippen LogP contribution is -2.50. The van der Waals surface area contributed by atoms with Crippen LogP contribution in [-0.2, 0) is 14.1 Å². The van der Waals surface area contributed by atoms with Gasteiger partial charge >= 0.3 is 5.69 Å². The molecule has 0 radical (unpaired) electrons. The van der Waals surface area contributed by atoms with Crippen molar-refractivity contribution in [3.8, 4) is 0 Å². The molecule has 20 heavy (non-hydrogen) atoms. The third-order valence-electron chi connectivity index (χ3n) is 4.92. The highest BCUT2D eigenvalue weighted by Gasteiger charge is 2.50. The molecule has 0 amide bonds. The number of nitrogens with one attached hydrogen (secondary N) is 1. The Balaban J connectivity index is 2.11. The first-order chi connectivity index (χ1) is 9.34. The van der Waals surface area contributed by atoms with E-state index >= 15 is 0 Å². The van der Waals surface area contributed by atoms with Crippen molar-refractivity contribution in [2.24, 2.45) is 25.9 Å². The maximum absolute atomic E-state index is 12.4. The summed E-state index contributed by atoms with van der Waals surface area (Å²) < 4.78 is 2.37. The topological polar surface area (TPSA) is 72.2 Å². The molecular formula is C13H21N5O2. The molecule has 0 bridgehead atoms. The molecule has 1 aromatic rings. The molecule has 1 aromatic heterocycles. The van der Waals surface area contributed by atoms with Crippen LogP contribution >= 0.6 is 0 Å². The third-order valence-corrected chi connectivity index (χ3v) is 4.92. The zero-order valence-corrected chi connectivity index (χ0v) is 12.4. The van der Waals surface area contributed by atoms with Crippen LogP contribution in [0.2, 0.25) is 0 Å². The van der Waals surface area contributed by atoms with Crippen LogP contribution in [0.15, 0.2) is 9.59 Å². The van der Waals surface area contributed by atoms with E-state index in [1.807, 2.05) is 0 Å². The summed E-state index contributed by atoms with van der Waals surface area (Å²) >= 11 is 0. The molecule has 1 N–H and O–H groups in total. The number of hydrogen-bond acceptors (Lipinski definition) is 5. The molecule has 3 heterocycles. The van der Waals surface area contributed by atoms with E-state index in [0.717, 1.165) is 24.2 Å². The van der Waals surface area contributed by atoms with E-state index in [9.17, 15) is 9.59 Å². The number of anilines is 1. The van der Waals surface area contributed by atoms with Gasteiger partial charge in [-0.25, -0.2) is 9.48 Å². The summed E-state index contributed by atoms with van der Waals surface area (Å²) in [7, 11) is 3.08. The lowest BCUT2D eigenvalue weighted by molar-refractivity contribution is 0.354. The van der Waals surface area contributed by atoms with Gasteiger partial charge in [0, 0.05) is 39.3 Å². The minimum atomic E-state index is -0.391. The summed E-state index contributed by atoms with van der Waals surface area (Å²) in [4.78, 5) is 26.2. The van der Waals surface area contributed by atoms with Crippen molar-refractivity contribution >= 4 is 5.82 Å². The number of aryl methyl sites for hydroxylation is 1. The lowest BCUT2D eigenvalue weighted by atomic mass is 9.85. The summed E-state index contributed by atoms with van der Waals surface area (Å²) in [6.07, 6.45) is 0. The van der Waals surface area contributed by atoms with Gasteiger partial charge in [0.2, 0.25) is 5.82 Å². The fraction of sp³-hybridized carbons (Fsp3) is 0.769. The van der Waals surface area contributed by atoms with E-state index in [1.54, 1.807) is 7.05 Å². The van der Waals surface area contributed by atoms with E-state index in [1.165, 1.54) is 11.7 Å². The second kappa shape index (κ2) is 4.18. The predicted molar refractivity (Wildman–Crippen MR) is 76.0 cm³/mol. The van der Waals surface area contributed by atoms with Gasteiger partial charge in [0.25, 0.3) is 5.56 Å². The molecular weight excluding hydrogens is 258 g/mol. The largest absolute Gasteiger partial charge is 0.346 e. The first kappa shape index (κ1) is 13.4. The Kier molecular flexibility index (Phi) is 2.79. The molecule has 7 heteroatoms. The zero-order valence-electron chi connectivity index (χ0n) is 12.4. The Hall–Kier alpha value is -1.63. The van der Waals surface area contributed by atoms with E-state index < -0.39 is 5.69 Å². The van der Waals surface area contributed by atoms with Crippen LogP contribution in [0.3, 0.4) is 0 Å². The van der Waals surface area contributed by atoms with Crippen LogP contribution in [0, 0.1) is 11.8 Å². The Morgan fingerprint density at radius 2 is 1.95 bits per heavy atom. The van der Waals surface area contributed by atoms with Gasteiger partial charge in [0.05, 0.1) is 0 Å². The third kappa shape index (κ3) is 1.65. The molecule has 0 aromatic carbocycles. The van der Waals surface area contributed by atoms with E-state index in [-0.39, 0.29) is 11.1 Å². The molecule has 0 saturated carbocycles. The minimum absolute atomic E-state index is 0.134. The summed E-state index contributed by atoms with van der Waals surface area (Å²) in [5.74, 6) is 1.42. The Morgan fingerprint density at radius 1 is 1.25 bits per heavy atom. The predicted octanol–water partition coefficient (Wildman–Crippen LogP) is -1.09. The van der Waals surface area contributed by atoms with Crippen molar-refractivity contribution in [1.82, 2.24) is 19.7 Å². The van der Waals surface area contributed by atoms with Gasteiger partial charge in [-0.2, -0.15) is 0 Å². The molecule has 3 rings (SSSR count). The molecule has 7 nitrogen and oxygen atoms in total. The van der Waals surface area contributed by atoms with Crippen molar-refractivity contribution in [1.29, 1.82) is 0 Å². The van der Waals surface area contributed by atoms with Gasteiger partial charge in [-0.15, -0.1) is 5.10 Å². The van der Waals surface area contributed by atoms with Crippen molar-refractivity contribution < 1.29 is 0 Å². The van der Waals surface area contributed by atoms with Crippen LogP contribution in [0.5, 0.6) is 0 Å². The number of fused-ring (bicyclic) bond motifs is 1. The summed E-state index contributed by atoms with van der Waals surface area (Å²) in [6.45, 7) is 7.07. The maximum atomic E-state index is 12.4. The van der Waals surface area contributed by atoms with Crippen LogP contribution in [-0.4, -0.2) is 39.5 Å². The second-order valence-corrected chi connectivity index (χ2v) is 6.38. The van der Waals surface area contributed by atoms with Crippen LogP contribution < -0.4 is 21.5 Å². The fourth-order valence-electron chi connectivity index (χ4n) is 3.63. The zero-order chi connectivity index (χ0) is 14.7. The van der Waals surface area contributed by atoms with Crippen LogP contribution in [0.1, 0.15) is 13.8 Å². The summed E-state index contributed by atoms with van der Waals surface area (Å²) in [6, 6.07) is 0.